The molecule has 0 aromatic heterocycles. The van der Waals surface area contributed by atoms with Crippen molar-refractivity contribution in [1.29, 1.82) is 0 Å². The molecule has 1 nitrogen and oxygen atoms in total. The summed E-state index contributed by atoms with van der Waals surface area (Å²) in [4.78, 5) is 0. The van der Waals surface area contributed by atoms with Crippen molar-refractivity contribution in [1.82, 2.24) is 0 Å². The van der Waals surface area contributed by atoms with Gasteiger partial charge < -0.3 is 5.11 Å². The predicted octanol–water partition coefficient (Wildman–Crippen LogP) is 5.26. The fourth-order valence-corrected chi connectivity index (χ4v) is 3.32. The maximum Gasteiger partial charge on any atom is 0.0502 e. The molecule has 0 heterocycles. The summed E-state index contributed by atoms with van der Waals surface area (Å²) in [6.07, 6.45) is 11.0. The Hall–Kier alpha value is -0.560. The smallest absolute Gasteiger partial charge is 0.0502 e. The molecular weight excluding hydrogens is 232 g/mol. The van der Waals surface area contributed by atoms with E-state index < -0.39 is 0 Å². The summed E-state index contributed by atoms with van der Waals surface area (Å²) in [5.74, 6) is 0.957. The maximum atomic E-state index is 9.83. The summed E-state index contributed by atoms with van der Waals surface area (Å²) in [5.41, 5.74) is 4.53. The van der Waals surface area contributed by atoms with Gasteiger partial charge in [0.2, 0.25) is 0 Å². The molecule has 0 bridgehead atoms. The first kappa shape index (κ1) is 16.5. The van der Waals surface area contributed by atoms with E-state index in [9.17, 15) is 5.11 Å². The first-order chi connectivity index (χ1) is 9.19. The molecule has 19 heavy (non-hydrogen) atoms. The minimum absolute atomic E-state index is 0.313. The highest BCUT2D eigenvalue weighted by Crippen LogP contribution is 2.40. The topological polar surface area (TPSA) is 20.2 Å². The molecule has 0 fully saturated rings. The summed E-state index contributed by atoms with van der Waals surface area (Å²) in [6.45, 7) is 9.32. The zero-order valence-electron chi connectivity index (χ0n) is 13.3. The van der Waals surface area contributed by atoms with Gasteiger partial charge >= 0.3 is 0 Å². The lowest BCUT2D eigenvalue weighted by Crippen LogP contribution is -2.25. The second kappa shape index (κ2) is 8.58. The van der Waals surface area contributed by atoms with Crippen molar-refractivity contribution >= 4 is 0 Å². The molecule has 1 rings (SSSR count). The number of allylic oxidation sites excluding steroid dienone is 3. The van der Waals surface area contributed by atoms with Crippen LogP contribution in [0.15, 0.2) is 22.8 Å². The Morgan fingerprint density at radius 2 is 1.74 bits per heavy atom. The van der Waals surface area contributed by atoms with Crippen LogP contribution in [-0.4, -0.2) is 11.7 Å². The Labute approximate surface area is 119 Å². The quantitative estimate of drug-likeness (QED) is 0.634. The van der Waals surface area contributed by atoms with Gasteiger partial charge in [-0.2, -0.15) is 0 Å². The third-order valence-corrected chi connectivity index (χ3v) is 4.66. The van der Waals surface area contributed by atoms with Crippen molar-refractivity contribution in [2.75, 3.05) is 6.61 Å². The summed E-state index contributed by atoms with van der Waals surface area (Å²) < 4.78 is 0. The SMILES string of the molecule is CCCCC1=C(C)C(CO)[C@H](CCCC)C(CC)=C1. The Balaban J connectivity index is 2.93. The molecule has 1 heteroatoms. The monoisotopic (exact) mass is 264 g/mol. The average Bonchev–Trinajstić information content (AvgIpc) is 2.43. The van der Waals surface area contributed by atoms with E-state index in [2.05, 4.69) is 33.8 Å². The summed E-state index contributed by atoms with van der Waals surface area (Å²) in [6, 6.07) is 0. The van der Waals surface area contributed by atoms with Crippen molar-refractivity contribution in [2.45, 2.75) is 72.6 Å². The van der Waals surface area contributed by atoms with Crippen LogP contribution in [0.4, 0.5) is 0 Å². The summed E-state index contributed by atoms with van der Waals surface area (Å²) in [7, 11) is 0. The Morgan fingerprint density at radius 3 is 2.26 bits per heavy atom. The van der Waals surface area contributed by atoms with Gasteiger partial charge in [-0.1, -0.05) is 57.3 Å². The minimum atomic E-state index is 0.313. The van der Waals surface area contributed by atoms with Crippen molar-refractivity contribution < 1.29 is 5.11 Å². The Morgan fingerprint density at radius 1 is 1.05 bits per heavy atom. The lowest BCUT2D eigenvalue weighted by atomic mass is 9.72. The number of hydrogen-bond acceptors (Lipinski definition) is 1. The highest BCUT2D eigenvalue weighted by atomic mass is 16.3. The van der Waals surface area contributed by atoms with E-state index in [0.717, 1.165) is 6.42 Å². The van der Waals surface area contributed by atoms with E-state index >= 15 is 0 Å². The second-order valence-corrected chi connectivity index (χ2v) is 5.92. The highest BCUT2D eigenvalue weighted by Gasteiger charge is 2.29. The van der Waals surface area contributed by atoms with Gasteiger partial charge in [0.15, 0.2) is 0 Å². The van der Waals surface area contributed by atoms with E-state index in [0.29, 0.717) is 18.4 Å². The van der Waals surface area contributed by atoms with E-state index in [-0.39, 0.29) is 0 Å². The molecule has 0 aliphatic heterocycles. The third-order valence-electron chi connectivity index (χ3n) is 4.66. The lowest BCUT2D eigenvalue weighted by Gasteiger charge is -2.34. The molecule has 1 aliphatic rings. The molecule has 0 radical (unpaired) electrons. The molecule has 0 aromatic rings. The summed E-state index contributed by atoms with van der Waals surface area (Å²) >= 11 is 0. The molecule has 0 aromatic carbocycles. The number of aliphatic hydroxyl groups excluding tert-OH is 1. The second-order valence-electron chi connectivity index (χ2n) is 5.92. The van der Waals surface area contributed by atoms with Gasteiger partial charge in [0.05, 0.1) is 6.61 Å². The van der Waals surface area contributed by atoms with Crippen LogP contribution in [-0.2, 0) is 0 Å². The molecule has 110 valence electrons. The molecule has 1 aliphatic carbocycles. The van der Waals surface area contributed by atoms with E-state index in [1.54, 1.807) is 5.57 Å². The van der Waals surface area contributed by atoms with Crippen molar-refractivity contribution in [2.24, 2.45) is 11.8 Å². The van der Waals surface area contributed by atoms with Gasteiger partial charge in [-0.3, -0.25) is 0 Å². The molecule has 1 unspecified atom stereocenters. The number of unbranched alkanes of at least 4 members (excludes halogenated alkanes) is 2. The largest absolute Gasteiger partial charge is 0.396 e. The molecule has 1 N–H and O–H groups in total. The first-order valence-corrected chi connectivity index (χ1v) is 8.20. The fourth-order valence-electron chi connectivity index (χ4n) is 3.32. The van der Waals surface area contributed by atoms with Crippen LogP contribution in [0, 0.1) is 11.8 Å². The Kier molecular flexibility index (Phi) is 7.45. The molecule has 0 spiro atoms. The maximum absolute atomic E-state index is 9.83. The number of hydrogen-bond donors (Lipinski definition) is 1. The predicted molar refractivity (Wildman–Crippen MR) is 84.2 cm³/mol. The lowest BCUT2D eigenvalue weighted by molar-refractivity contribution is 0.202. The fraction of sp³-hybridized carbons (Fsp3) is 0.778. The first-order valence-electron chi connectivity index (χ1n) is 8.20. The molecule has 0 saturated heterocycles. The third kappa shape index (κ3) is 4.21. The standard InChI is InChI=1S/C18H32O/c1-5-8-10-16-12-15(7-3)17(11-9-6-2)18(13-19)14(16)4/h12,17-19H,5-11,13H2,1-4H3/t17-,18?/m1/s1. The Bertz CT molecular complexity index is 325. The van der Waals surface area contributed by atoms with Gasteiger partial charge in [-0.25, -0.2) is 0 Å². The van der Waals surface area contributed by atoms with Crippen LogP contribution in [0.1, 0.15) is 72.6 Å². The molecular formula is C18H32O. The van der Waals surface area contributed by atoms with Crippen LogP contribution in [0.2, 0.25) is 0 Å². The van der Waals surface area contributed by atoms with Gasteiger partial charge in [0, 0.05) is 5.92 Å². The molecule has 0 saturated carbocycles. The van der Waals surface area contributed by atoms with Gasteiger partial charge in [0.1, 0.15) is 0 Å². The molecule has 0 amide bonds. The van der Waals surface area contributed by atoms with Crippen LogP contribution in [0.3, 0.4) is 0 Å². The van der Waals surface area contributed by atoms with Gasteiger partial charge in [-0.05, 0) is 44.1 Å². The van der Waals surface area contributed by atoms with Crippen LogP contribution >= 0.6 is 0 Å². The number of rotatable bonds is 8. The van der Waals surface area contributed by atoms with E-state index in [4.69, 9.17) is 0 Å². The van der Waals surface area contributed by atoms with Crippen LogP contribution in [0.25, 0.3) is 0 Å². The zero-order valence-corrected chi connectivity index (χ0v) is 13.3. The van der Waals surface area contributed by atoms with Crippen LogP contribution < -0.4 is 0 Å². The number of aliphatic hydroxyl groups is 1. The normalized spacial score (nSPS) is 23.7. The minimum Gasteiger partial charge on any atom is -0.396 e. The van der Waals surface area contributed by atoms with Crippen molar-refractivity contribution in [3.05, 3.63) is 22.8 Å². The zero-order chi connectivity index (χ0) is 14.3. The van der Waals surface area contributed by atoms with Gasteiger partial charge in [-0.15, -0.1) is 0 Å². The highest BCUT2D eigenvalue weighted by molar-refractivity contribution is 5.36. The van der Waals surface area contributed by atoms with Crippen LogP contribution in [0.5, 0.6) is 0 Å². The summed E-state index contributed by atoms with van der Waals surface area (Å²) in [5, 5.41) is 9.83. The van der Waals surface area contributed by atoms with E-state index in [1.807, 2.05) is 0 Å². The van der Waals surface area contributed by atoms with Crippen molar-refractivity contribution in [3.63, 3.8) is 0 Å². The van der Waals surface area contributed by atoms with Crippen molar-refractivity contribution in [3.8, 4) is 0 Å². The average molecular weight is 264 g/mol. The molecule has 2 atom stereocenters. The van der Waals surface area contributed by atoms with E-state index in [1.165, 1.54) is 49.7 Å². The van der Waals surface area contributed by atoms with Gasteiger partial charge in [0.25, 0.3) is 0 Å².